The van der Waals surface area contributed by atoms with Gasteiger partial charge in [0.1, 0.15) is 6.29 Å². The van der Waals surface area contributed by atoms with Crippen molar-refractivity contribution in [3.05, 3.63) is 12.2 Å². The van der Waals surface area contributed by atoms with E-state index in [1.807, 2.05) is 7.11 Å². The largest absolute Gasteiger partial charge is 0.381 e. The number of ether oxygens (including phenoxy) is 1. The van der Waals surface area contributed by atoms with Gasteiger partial charge in [0.05, 0.1) is 6.10 Å². The number of carbonyl (C=O) groups is 1. The smallest absolute Gasteiger partial charge is 0.123 e. The third kappa shape index (κ3) is 5.05. The maximum atomic E-state index is 10.7. The van der Waals surface area contributed by atoms with Gasteiger partial charge in [-0.15, -0.1) is 0 Å². The van der Waals surface area contributed by atoms with Gasteiger partial charge in [-0.25, -0.2) is 0 Å². The summed E-state index contributed by atoms with van der Waals surface area (Å²) in [6, 6.07) is 0. The summed E-state index contributed by atoms with van der Waals surface area (Å²) in [6.07, 6.45) is 18.9. The lowest BCUT2D eigenvalue weighted by atomic mass is 9.80. The fourth-order valence-electron chi connectivity index (χ4n) is 3.75. The third-order valence-electron chi connectivity index (χ3n) is 5.29. The molecule has 114 valence electrons. The van der Waals surface area contributed by atoms with E-state index in [0.29, 0.717) is 12.0 Å². The average molecular weight is 278 g/mol. The first-order valence-electron chi connectivity index (χ1n) is 8.46. The number of carbonyl (C=O) groups excluding carboxylic acids is 1. The molecule has 0 radical (unpaired) electrons. The molecule has 2 fully saturated rings. The lowest BCUT2D eigenvalue weighted by Crippen LogP contribution is -2.19. The molecule has 0 saturated heterocycles. The van der Waals surface area contributed by atoms with Gasteiger partial charge in [0.15, 0.2) is 0 Å². The molecule has 0 aromatic carbocycles. The molecule has 0 aromatic heterocycles. The normalized spacial score (nSPS) is 35.2. The zero-order chi connectivity index (χ0) is 14.2. The highest BCUT2D eigenvalue weighted by Gasteiger charge is 2.20. The molecule has 2 aliphatic carbocycles. The quantitative estimate of drug-likeness (QED) is 0.527. The summed E-state index contributed by atoms with van der Waals surface area (Å²) in [5, 5.41) is 0. The fourth-order valence-corrected chi connectivity index (χ4v) is 3.75. The molecule has 0 aromatic rings. The van der Waals surface area contributed by atoms with Crippen LogP contribution in [0.2, 0.25) is 0 Å². The molecular weight excluding hydrogens is 248 g/mol. The van der Waals surface area contributed by atoms with Crippen LogP contribution in [-0.2, 0) is 9.53 Å². The van der Waals surface area contributed by atoms with Crippen LogP contribution in [0, 0.1) is 17.8 Å². The van der Waals surface area contributed by atoms with Crippen LogP contribution in [0.3, 0.4) is 0 Å². The minimum Gasteiger partial charge on any atom is -0.381 e. The van der Waals surface area contributed by atoms with Crippen molar-refractivity contribution in [2.75, 3.05) is 7.11 Å². The number of hydrogen-bond donors (Lipinski definition) is 0. The summed E-state index contributed by atoms with van der Waals surface area (Å²) >= 11 is 0. The second-order valence-electron chi connectivity index (χ2n) is 6.69. The van der Waals surface area contributed by atoms with E-state index in [0.717, 1.165) is 31.0 Å². The molecule has 20 heavy (non-hydrogen) atoms. The van der Waals surface area contributed by atoms with Crippen LogP contribution in [0.15, 0.2) is 12.2 Å². The molecular formula is C18H30O2. The van der Waals surface area contributed by atoms with E-state index in [2.05, 4.69) is 12.2 Å². The molecule has 0 bridgehead atoms. The van der Waals surface area contributed by atoms with Crippen LogP contribution in [0.25, 0.3) is 0 Å². The Bertz CT molecular complexity index is 295. The van der Waals surface area contributed by atoms with Gasteiger partial charge in [0, 0.05) is 13.0 Å². The minimum atomic E-state index is 0.359. The Labute approximate surface area is 124 Å². The highest BCUT2D eigenvalue weighted by molar-refractivity contribution is 5.53. The Kier molecular flexibility index (Phi) is 6.78. The van der Waals surface area contributed by atoms with E-state index in [1.165, 1.54) is 51.4 Å². The van der Waals surface area contributed by atoms with Crippen LogP contribution in [0.4, 0.5) is 0 Å². The van der Waals surface area contributed by atoms with Gasteiger partial charge in [-0.2, -0.15) is 0 Å². The molecule has 2 aliphatic rings. The summed E-state index contributed by atoms with van der Waals surface area (Å²) in [6.45, 7) is 0. The van der Waals surface area contributed by atoms with Crippen molar-refractivity contribution in [2.45, 2.75) is 70.3 Å². The molecule has 0 amide bonds. The van der Waals surface area contributed by atoms with Crippen molar-refractivity contribution in [1.29, 1.82) is 0 Å². The molecule has 0 N–H and O–H groups in total. The first-order valence-corrected chi connectivity index (χ1v) is 8.46. The molecule has 2 nitrogen and oxygen atoms in total. The minimum absolute atomic E-state index is 0.359. The maximum Gasteiger partial charge on any atom is 0.123 e. The molecule has 2 heteroatoms. The van der Waals surface area contributed by atoms with Gasteiger partial charge in [-0.1, -0.05) is 12.2 Å². The topological polar surface area (TPSA) is 26.3 Å². The Morgan fingerprint density at radius 3 is 2.20 bits per heavy atom. The van der Waals surface area contributed by atoms with Crippen molar-refractivity contribution < 1.29 is 9.53 Å². The third-order valence-corrected chi connectivity index (χ3v) is 5.29. The summed E-state index contributed by atoms with van der Waals surface area (Å²) in [5.41, 5.74) is 0. The molecule has 2 saturated carbocycles. The van der Waals surface area contributed by atoms with Crippen LogP contribution in [0.1, 0.15) is 64.2 Å². The molecule has 0 atom stereocenters. The summed E-state index contributed by atoms with van der Waals surface area (Å²) in [5.74, 6) is 2.00. The van der Waals surface area contributed by atoms with Gasteiger partial charge in [0.25, 0.3) is 0 Å². The SMILES string of the molecule is COC1CCC(/C=C/CCC2CCC(C=O)CC2)CC1. The highest BCUT2D eigenvalue weighted by Crippen LogP contribution is 2.31. The molecule has 2 rings (SSSR count). The Morgan fingerprint density at radius 1 is 0.950 bits per heavy atom. The van der Waals surface area contributed by atoms with Gasteiger partial charge in [-0.3, -0.25) is 0 Å². The highest BCUT2D eigenvalue weighted by atomic mass is 16.5. The van der Waals surface area contributed by atoms with E-state index >= 15 is 0 Å². The molecule has 0 heterocycles. The van der Waals surface area contributed by atoms with Crippen LogP contribution in [0.5, 0.6) is 0 Å². The Hall–Kier alpha value is -0.630. The lowest BCUT2D eigenvalue weighted by Gasteiger charge is -2.26. The van der Waals surface area contributed by atoms with E-state index in [-0.39, 0.29) is 0 Å². The predicted octanol–water partition coefficient (Wildman–Crippen LogP) is 4.53. The monoisotopic (exact) mass is 278 g/mol. The van der Waals surface area contributed by atoms with Gasteiger partial charge < -0.3 is 9.53 Å². The predicted molar refractivity (Wildman–Crippen MR) is 82.6 cm³/mol. The molecule has 0 unspecified atom stereocenters. The zero-order valence-electron chi connectivity index (χ0n) is 12.9. The Morgan fingerprint density at radius 2 is 1.60 bits per heavy atom. The standard InChI is InChI=1S/C18H30O2/c1-20-18-12-10-16(11-13-18)5-3-2-4-15-6-8-17(14-19)9-7-15/h3,5,14-18H,2,4,6-13H2,1H3/b5-3+. The van der Waals surface area contributed by atoms with Crippen molar-refractivity contribution in [2.24, 2.45) is 17.8 Å². The second-order valence-corrected chi connectivity index (χ2v) is 6.69. The van der Waals surface area contributed by atoms with E-state index in [9.17, 15) is 4.79 Å². The lowest BCUT2D eigenvalue weighted by molar-refractivity contribution is -0.112. The first kappa shape index (κ1) is 15.8. The number of aldehydes is 1. The van der Waals surface area contributed by atoms with Crippen molar-refractivity contribution in [1.82, 2.24) is 0 Å². The van der Waals surface area contributed by atoms with Crippen molar-refractivity contribution in [3.8, 4) is 0 Å². The van der Waals surface area contributed by atoms with E-state index in [4.69, 9.17) is 4.74 Å². The van der Waals surface area contributed by atoms with E-state index < -0.39 is 0 Å². The zero-order valence-corrected chi connectivity index (χ0v) is 12.9. The van der Waals surface area contributed by atoms with Crippen LogP contribution in [-0.4, -0.2) is 19.5 Å². The molecule has 0 aliphatic heterocycles. The summed E-state index contributed by atoms with van der Waals surface area (Å²) in [7, 11) is 1.83. The van der Waals surface area contributed by atoms with Crippen LogP contribution < -0.4 is 0 Å². The number of rotatable bonds is 6. The van der Waals surface area contributed by atoms with Gasteiger partial charge in [-0.05, 0) is 76.0 Å². The van der Waals surface area contributed by atoms with Crippen molar-refractivity contribution >= 4 is 6.29 Å². The van der Waals surface area contributed by atoms with Crippen molar-refractivity contribution in [3.63, 3.8) is 0 Å². The summed E-state index contributed by atoms with van der Waals surface area (Å²) < 4.78 is 5.41. The summed E-state index contributed by atoms with van der Waals surface area (Å²) in [4.78, 5) is 10.7. The maximum absolute atomic E-state index is 10.7. The number of allylic oxidation sites excluding steroid dienone is 2. The first-order chi connectivity index (χ1) is 9.81. The number of hydrogen-bond acceptors (Lipinski definition) is 2. The van der Waals surface area contributed by atoms with Crippen LogP contribution >= 0.6 is 0 Å². The Balaban J connectivity index is 1.57. The van der Waals surface area contributed by atoms with E-state index in [1.54, 1.807) is 0 Å². The molecule has 0 spiro atoms. The fraction of sp³-hybridized carbons (Fsp3) is 0.833. The van der Waals surface area contributed by atoms with Gasteiger partial charge in [0.2, 0.25) is 0 Å². The number of methoxy groups -OCH3 is 1. The average Bonchev–Trinajstić information content (AvgIpc) is 2.53. The second kappa shape index (κ2) is 8.61. The van der Waals surface area contributed by atoms with Gasteiger partial charge >= 0.3 is 0 Å².